The molecule has 2 aromatic carbocycles. The van der Waals surface area contributed by atoms with Gasteiger partial charge in [-0.25, -0.2) is 0 Å². The number of carbonyl (C=O) groups is 3. The maximum atomic E-state index is 13.0. The molecule has 0 aliphatic carbocycles. The number of aromatic amines is 1. The molecule has 1 aliphatic heterocycles. The van der Waals surface area contributed by atoms with Gasteiger partial charge < -0.3 is 15.6 Å². The maximum absolute atomic E-state index is 13.0. The molecule has 1 saturated heterocycles. The summed E-state index contributed by atoms with van der Waals surface area (Å²) in [5, 5.41) is 0.746. The highest BCUT2D eigenvalue weighted by Gasteiger charge is 2.43. The maximum Gasteiger partial charge on any atom is 0.295 e. The average molecular weight is 389 g/mol. The summed E-state index contributed by atoms with van der Waals surface area (Å²) < 4.78 is 0. The van der Waals surface area contributed by atoms with E-state index in [4.69, 9.17) is 5.73 Å². The number of aromatic nitrogens is 1. The van der Waals surface area contributed by atoms with Crippen molar-refractivity contribution in [3.05, 3.63) is 71.4 Å². The molecule has 148 valence electrons. The van der Waals surface area contributed by atoms with Crippen LogP contribution in [0.5, 0.6) is 0 Å². The first-order chi connectivity index (χ1) is 13.9. The number of aryl methyl sites for hydroxylation is 1. The van der Waals surface area contributed by atoms with Crippen LogP contribution in [0.15, 0.2) is 54.6 Å². The summed E-state index contributed by atoms with van der Waals surface area (Å²) in [6.07, 6.45) is 0.802. The van der Waals surface area contributed by atoms with Crippen LogP contribution in [0, 0.1) is 6.92 Å². The van der Waals surface area contributed by atoms with E-state index < -0.39 is 23.0 Å². The SMILES string of the molecule is Cc1[nH]c2ccccc2c1C(=O)C(=O)N1CCC(C(N)=O)(c2ccccc2)CC1. The molecular formula is C23H23N3O3. The summed E-state index contributed by atoms with van der Waals surface area (Å²) in [6, 6.07) is 16.9. The topological polar surface area (TPSA) is 96.3 Å². The monoisotopic (exact) mass is 389 g/mol. The van der Waals surface area contributed by atoms with Crippen LogP contribution in [0.1, 0.15) is 34.5 Å². The van der Waals surface area contributed by atoms with Gasteiger partial charge in [0.1, 0.15) is 0 Å². The lowest BCUT2D eigenvalue weighted by Gasteiger charge is -2.39. The van der Waals surface area contributed by atoms with Crippen LogP contribution >= 0.6 is 0 Å². The van der Waals surface area contributed by atoms with Crippen molar-refractivity contribution < 1.29 is 14.4 Å². The number of amides is 2. The summed E-state index contributed by atoms with van der Waals surface area (Å²) in [5.41, 5.74) is 7.74. The van der Waals surface area contributed by atoms with E-state index in [2.05, 4.69) is 4.98 Å². The zero-order chi connectivity index (χ0) is 20.6. The fourth-order valence-corrected chi connectivity index (χ4v) is 4.35. The molecular weight excluding hydrogens is 366 g/mol. The first kappa shape index (κ1) is 18.9. The lowest BCUT2D eigenvalue weighted by Crippen LogP contribution is -2.52. The summed E-state index contributed by atoms with van der Waals surface area (Å²) in [4.78, 5) is 43.0. The van der Waals surface area contributed by atoms with Crippen molar-refractivity contribution in [1.29, 1.82) is 0 Å². The van der Waals surface area contributed by atoms with E-state index in [0.717, 1.165) is 16.5 Å². The van der Waals surface area contributed by atoms with Crippen LogP contribution in [0.3, 0.4) is 0 Å². The number of fused-ring (bicyclic) bond motifs is 1. The molecule has 2 amide bonds. The van der Waals surface area contributed by atoms with Crippen LogP contribution in [-0.4, -0.2) is 40.6 Å². The summed E-state index contributed by atoms with van der Waals surface area (Å²) in [7, 11) is 0. The summed E-state index contributed by atoms with van der Waals surface area (Å²) in [5.74, 6) is -1.45. The molecule has 6 nitrogen and oxygen atoms in total. The molecule has 29 heavy (non-hydrogen) atoms. The van der Waals surface area contributed by atoms with Gasteiger partial charge in [0.15, 0.2) is 0 Å². The van der Waals surface area contributed by atoms with Crippen molar-refractivity contribution in [2.75, 3.05) is 13.1 Å². The number of carbonyl (C=O) groups excluding carboxylic acids is 3. The molecule has 0 atom stereocenters. The Balaban J connectivity index is 1.56. The van der Waals surface area contributed by atoms with Crippen LogP contribution in [-0.2, 0) is 15.0 Å². The van der Waals surface area contributed by atoms with E-state index in [1.807, 2.05) is 54.6 Å². The number of Topliss-reactive ketones (excluding diaryl/α,β-unsaturated/α-hetero) is 1. The Bertz CT molecular complexity index is 1090. The number of primary amides is 1. The van der Waals surface area contributed by atoms with Crippen LogP contribution in [0.25, 0.3) is 10.9 Å². The number of hydrogen-bond acceptors (Lipinski definition) is 3. The number of hydrogen-bond donors (Lipinski definition) is 2. The van der Waals surface area contributed by atoms with Gasteiger partial charge in [-0.3, -0.25) is 14.4 Å². The normalized spacial score (nSPS) is 16.0. The van der Waals surface area contributed by atoms with Crippen molar-refractivity contribution in [2.24, 2.45) is 5.73 Å². The molecule has 4 rings (SSSR count). The Labute approximate surface area is 168 Å². The number of benzene rings is 2. The van der Waals surface area contributed by atoms with Gasteiger partial charge in [0.25, 0.3) is 11.7 Å². The van der Waals surface area contributed by atoms with Crippen molar-refractivity contribution in [3.63, 3.8) is 0 Å². The van der Waals surface area contributed by atoms with Crippen molar-refractivity contribution in [3.8, 4) is 0 Å². The van der Waals surface area contributed by atoms with Gasteiger partial charge >= 0.3 is 0 Å². The number of nitrogens with two attached hydrogens (primary N) is 1. The first-order valence-electron chi connectivity index (χ1n) is 9.70. The second kappa shape index (κ2) is 7.20. The van der Waals surface area contributed by atoms with E-state index in [-0.39, 0.29) is 0 Å². The molecule has 1 aromatic heterocycles. The van der Waals surface area contributed by atoms with E-state index >= 15 is 0 Å². The highest BCUT2D eigenvalue weighted by molar-refractivity contribution is 6.45. The molecule has 0 spiro atoms. The van der Waals surface area contributed by atoms with E-state index in [0.29, 0.717) is 37.2 Å². The number of rotatable bonds is 4. The van der Waals surface area contributed by atoms with Crippen molar-refractivity contribution in [1.82, 2.24) is 9.88 Å². The molecule has 2 heterocycles. The number of ketones is 1. The van der Waals surface area contributed by atoms with Gasteiger partial charge in [-0.1, -0.05) is 48.5 Å². The predicted octanol–water partition coefficient (Wildman–Crippen LogP) is 2.70. The first-order valence-corrected chi connectivity index (χ1v) is 9.70. The molecule has 0 saturated carbocycles. The Morgan fingerprint density at radius 3 is 2.24 bits per heavy atom. The molecule has 1 fully saturated rings. The summed E-state index contributed by atoms with van der Waals surface area (Å²) in [6.45, 7) is 2.41. The van der Waals surface area contributed by atoms with Crippen molar-refractivity contribution in [2.45, 2.75) is 25.2 Å². The Morgan fingerprint density at radius 2 is 1.59 bits per heavy atom. The summed E-state index contributed by atoms with van der Waals surface area (Å²) >= 11 is 0. The highest BCUT2D eigenvalue weighted by atomic mass is 16.2. The standard InChI is InChI=1S/C23H23N3O3/c1-15-19(17-9-5-6-10-18(17)25-15)20(27)21(28)26-13-11-23(12-14-26,22(24)29)16-7-3-2-4-8-16/h2-10,25H,11-14H2,1H3,(H2,24,29). The van der Waals surface area contributed by atoms with Gasteiger partial charge in [0, 0.05) is 29.7 Å². The molecule has 1 aliphatic rings. The zero-order valence-corrected chi connectivity index (χ0v) is 16.3. The van der Waals surface area contributed by atoms with Crippen molar-refractivity contribution >= 4 is 28.5 Å². The molecule has 0 radical (unpaired) electrons. The van der Waals surface area contributed by atoms with Crippen LogP contribution in [0.4, 0.5) is 0 Å². The Morgan fingerprint density at radius 1 is 0.966 bits per heavy atom. The smallest absolute Gasteiger partial charge is 0.295 e. The second-order valence-corrected chi connectivity index (χ2v) is 7.60. The molecule has 0 unspecified atom stereocenters. The third kappa shape index (κ3) is 3.10. The van der Waals surface area contributed by atoms with E-state index in [1.165, 1.54) is 4.90 Å². The van der Waals surface area contributed by atoms with Gasteiger partial charge in [0.05, 0.1) is 11.0 Å². The van der Waals surface area contributed by atoms with Crippen LogP contribution in [0.2, 0.25) is 0 Å². The van der Waals surface area contributed by atoms with Gasteiger partial charge in [-0.05, 0) is 31.4 Å². The van der Waals surface area contributed by atoms with Gasteiger partial charge in [0.2, 0.25) is 5.91 Å². The third-order valence-corrected chi connectivity index (χ3v) is 6.02. The molecule has 0 bridgehead atoms. The third-order valence-electron chi connectivity index (χ3n) is 6.02. The predicted molar refractivity (Wildman–Crippen MR) is 110 cm³/mol. The van der Waals surface area contributed by atoms with E-state index in [1.54, 1.807) is 6.92 Å². The minimum atomic E-state index is -0.808. The number of piperidine rings is 1. The average Bonchev–Trinajstić information content (AvgIpc) is 3.09. The fraction of sp³-hybridized carbons (Fsp3) is 0.261. The van der Waals surface area contributed by atoms with E-state index in [9.17, 15) is 14.4 Å². The Hall–Kier alpha value is -3.41. The lowest BCUT2D eigenvalue weighted by molar-refractivity contribution is -0.132. The largest absolute Gasteiger partial charge is 0.369 e. The number of nitrogens with one attached hydrogen (secondary N) is 1. The molecule has 6 heteroatoms. The lowest BCUT2D eigenvalue weighted by atomic mass is 9.72. The second-order valence-electron chi connectivity index (χ2n) is 7.60. The van der Waals surface area contributed by atoms with Crippen LogP contribution < -0.4 is 5.73 Å². The minimum Gasteiger partial charge on any atom is -0.369 e. The number of H-pyrrole nitrogens is 1. The number of para-hydroxylation sites is 1. The molecule has 3 aromatic rings. The number of nitrogens with zero attached hydrogens (tertiary/aromatic N) is 1. The van der Waals surface area contributed by atoms with Gasteiger partial charge in [-0.2, -0.15) is 0 Å². The zero-order valence-electron chi connectivity index (χ0n) is 16.3. The number of likely N-dealkylation sites (tertiary alicyclic amines) is 1. The van der Waals surface area contributed by atoms with Gasteiger partial charge in [-0.15, -0.1) is 0 Å². The molecule has 3 N–H and O–H groups in total. The Kier molecular flexibility index (Phi) is 4.70. The highest BCUT2D eigenvalue weighted by Crippen LogP contribution is 2.35. The quantitative estimate of drug-likeness (QED) is 0.530. The fourth-order valence-electron chi connectivity index (χ4n) is 4.35. The minimum absolute atomic E-state index is 0.309.